The monoisotopic (exact) mass is 201 g/mol. The largest absolute Gasteiger partial charge is 0.377 e. The van der Waals surface area contributed by atoms with E-state index in [9.17, 15) is 19.5 Å². The van der Waals surface area contributed by atoms with Crippen molar-refractivity contribution in [1.29, 1.82) is 0 Å². The van der Waals surface area contributed by atoms with Gasteiger partial charge in [0.15, 0.2) is 22.8 Å². The molecule has 80 valence electrons. The fourth-order valence-corrected chi connectivity index (χ4v) is 1.50. The Kier molecular flexibility index (Phi) is 4.09. The van der Waals surface area contributed by atoms with Crippen molar-refractivity contribution in [2.75, 3.05) is 0 Å². The first kappa shape index (κ1) is 12.9. The summed E-state index contributed by atoms with van der Waals surface area (Å²) in [4.78, 5) is 34.0. The summed E-state index contributed by atoms with van der Waals surface area (Å²) in [5.74, 6) is -2.08. The smallest absolute Gasteiger partial charge is 0.183 e. The summed E-state index contributed by atoms with van der Waals surface area (Å²) in [6, 6.07) is 0. The van der Waals surface area contributed by atoms with Crippen LogP contribution in [0.15, 0.2) is 0 Å². The van der Waals surface area contributed by atoms with Crippen LogP contribution in [0.2, 0.25) is 0 Å². The fourth-order valence-electron chi connectivity index (χ4n) is 1.50. The van der Waals surface area contributed by atoms with E-state index in [4.69, 9.17) is 5.73 Å². The molecule has 0 aromatic heterocycles. The first-order valence-electron chi connectivity index (χ1n) is 4.30. The van der Waals surface area contributed by atoms with Crippen LogP contribution in [0.4, 0.5) is 0 Å². The van der Waals surface area contributed by atoms with Crippen LogP contribution in [-0.4, -0.2) is 28.7 Å². The van der Waals surface area contributed by atoms with Crippen LogP contribution in [0, 0.1) is 5.41 Å². The molecule has 0 radical (unpaired) electrons. The molecule has 1 atom stereocenters. The fraction of sp³-hybridized carbons (Fsp3) is 0.667. The summed E-state index contributed by atoms with van der Waals surface area (Å²) < 4.78 is 0. The Hall–Kier alpha value is -1.07. The average molecular weight is 201 g/mol. The molecule has 0 aromatic carbocycles. The number of nitrogens with two attached hydrogens (primary N) is 1. The first-order chi connectivity index (χ1) is 6.31. The Morgan fingerprint density at radius 3 is 1.71 bits per heavy atom. The van der Waals surface area contributed by atoms with Gasteiger partial charge in [0, 0.05) is 6.42 Å². The molecule has 5 heteroatoms. The van der Waals surface area contributed by atoms with E-state index in [1.54, 1.807) is 0 Å². The number of carbonyl (C=O) groups excluding carboxylic acids is 3. The minimum absolute atomic E-state index is 0.0204. The number of hydrogen-bond donors (Lipinski definition) is 2. The maximum atomic E-state index is 11.5. The minimum Gasteiger partial charge on any atom is -0.377 e. The number of rotatable bonds is 5. The van der Waals surface area contributed by atoms with E-state index in [1.165, 1.54) is 6.92 Å². The number of carbonyl (C=O) groups is 3. The first-order valence-corrected chi connectivity index (χ1v) is 4.30. The highest BCUT2D eigenvalue weighted by molar-refractivity contribution is 6.23. The van der Waals surface area contributed by atoms with Crippen LogP contribution in [0.25, 0.3) is 0 Å². The van der Waals surface area contributed by atoms with Gasteiger partial charge in [0.2, 0.25) is 0 Å². The molecule has 1 unspecified atom stereocenters. The molecule has 0 spiro atoms. The molecule has 0 amide bonds. The van der Waals surface area contributed by atoms with E-state index in [0.29, 0.717) is 0 Å². The van der Waals surface area contributed by atoms with E-state index in [-0.39, 0.29) is 6.42 Å². The molecule has 14 heavy (non-hydrogen) atoms. The molecule has 0 fully saturated rings. The van der Waals surface area contributed by atoms with Gasteiger partial charge in [-0.25, -0.2) is 0 Å². The third-order valence-electron chi connectivity index (χ3n) is 2.32. The van der Waals surface area contributed by atoms with Gasteiger partial charge < -0.3 is 10.8 Å². The standard InChI is InChI=1S/C9H15NO4/c1-4-7(13)9(5(2)11,6(3)12)8(10)14/h8,14H,4,10H2,1-3H3. The lowest BCUT2D eigenvalue weighted by Crippen LogP contribution is -2.56. The van der Waals surface area contributed by atoms with Crippen molar-refractivity contribution in [3.8, 4) is 0 Å². The van der Waals surface area contributed by atoms with Crippen molar-refractivity contribution >= 4 is 17.3 Å². The number of aliphatic hydroxyl groups excluding tert-OH is 1. The van der Waals surface area contributed by atoms with Crippen LogP contribution < -0.4 is 5.73 Å². The van der Waals surface area contributed by atoms with Crippen LogP contribution in [0.1, 0.15) is 27.2 Å². The Balaban J connectivity index is 5.51. The molecule has 0 saturated carbocycles. The molecule has 0 aliphatic carbocycles. The zero-order chi connectivity index (χ0) is 11.5. The molecule has 5 nitrogen and oxygen atoms in total. The van der Waals surface area contributed by atoms with Gasteiger partial charge in [0.1, 0.15) is 6.23 Å². The van der Waals surface area contributed by atoms with Crippen molar-refractivity contribution in [1.82, 2.24) is 0 Å². The molecule has 0 aromatic rings. The lowest BCUT2D eigenvalue weighted by Gasteiger charge is -2.28. The van der Waals surface area contributed by atoms with Gasteiger partial charge >= 0.3 is 0 Å². The number of Topliss-reactive ketones (excluding diaryl/α,β-unsaturated/α-hetero) is 3. The maximum Gasteiger partial charge on any atom is 0.183 e. The second-order valence-electron chi connectivity index (χ2n) is 3.14. The van der Waals surface area contributed by atoms with Crippen LogP contribution in [-0.2, 0) is 14.4 Å². The Morgan fingerprint density at radius 1 is 1.29 bits per heavy atom. The quantitative estimate of drug-likeness (QED) is 0.457. The predicted molar refractivity (Wildman–Crippen MR) is 49.3 cm³/mol. The van der Waals surface area contributed by atoms with Crippen molar-refractivity contribution in [2.24, 2.45) is 11.1 Å². The van der Waals surface area contributed by atoms with Crippen LogP contribution >= 0.6 is 0 Å². The summed E-state index contributed by atoms with van der Waals surface area (Å²) in [6.45, 7) is 3.65. The number of ketones is 3. The molecule has 0 saturated heterocycles. The third-order valence-corrected chi connectivity index (χ3v) is 2.32. The van der Waals surface area contributed by atoms with Crippen LogP contribution in [0.3, 0.4) is 0 Å². The predicted octanol–water partition coefficient (Wildman–Crippen LogP) is -0.593. The minimum atomic E-state index is -2.07. The maximum absolute atomic E-state index is 11.5. The Morgan fingerprint density at radius 2 is 1.64 bits per heavy atom. The van der Waals surface area contributed by atoms with E-state index in [0.717, 1.165) is 13.8 Å². The van der Waals surface area contributed by atoms with Gasteiger partial charge in [-0.1, -0.05) is 6.92 Å². The summed E-state index contributed by atoms with van der Waals surface area (Å²) in [7, 11) is 0. The Bertz CT molecular complexity index is 256. The third kappa shape index (κ3) is 1.73. The van der Waals surface area contributed by atoms with Gasteiger partial charge in [-0.15, -0.1) is 0 Å². The van der Waals surface area contributed by atoms with E-state index < -0.39 is 29.0 Å². The zero-order valence-corrected chi connectivity index (χ0v) is 8.53. The van der Waals surface area contributed by atoms with Crippen molar-refractivity contribution in [3.63, 3.8) is 0 Å². The van der Waals surface area contributed by atoms with Crippen molar-refractivity contribution in [3.05, 3.63) is 0 Å². The summed E-state index contributed by atoms with van der Waals surface area (Å²) in [5, 5.41) is 9.22. The van der Waals surface area contributed by atoms with Crippen molar-refractivity contribution < 1.29 is 19.5 Å². The highest BCUT2D eigenvalue weighted by Crippen LogP contribution is 2.25. The van der Waals surface area contributed by atoms with Crippen molar-refractivity contribution in [2.45, 2.75) is 33.4 Å². The topological polar surface area (TPSA) is 97.5 Å². The second-order valence-corrected chi connectivity index (χ2v) is 3.14. The molecular formula is C9H15NO4. The van der Waals surface area contributed by atoms with Gasteiger partial charge in [0.05, 0.1) is 0 Å². The average Bonchev–Trinajstić information content (AvgIpc) is 2.02. The number of aliphatic hydroxyl groups is 1. The summed E-state index contributed by atoms with van der Waals surface area (Å²) in [5.41, 5.74) is 3.07. The highest BCUT2D eigenvalue weighted by atomic mass is 16.3. The van der Waals surface area contributed by atoms with Gasteiger partial charge in [-0.3, -0.25) is 14.4 Å². The normalized spacial score (nSPS) is 13.5. The van der Waals surface area contributed by atoms with Crippen LogP contribution in [0.5, 0.6) is 0 Å². The lowest BCUT2D eigenvalue weighted by atomic mass is 9.74. The molecule has 0 aliphatic rings. The molecule has 0 heterocycles. The Labute approximate surface area is 82.3 Å². The molecule has 3 N–H and O–H groups in total. The van der Waals surface area contributed by atoms with E-state index in [2.05, 4.69) is 0 Å². The lowest BCUT2D eigenvalue weighted by molar-refractivity contribution is -0.154. The molecule has 0 rings (SSSR count). The SMILES string of the molecule is CCC(=O)C(C(C)=O)(C(C)=O)C(N)O. The number of hydrogen-bond acceptors (Lipinski definition) is 5. The molecular weight excluding hydrogens is 186 g/mol. The summed E-state index contributed by atoms with van der Waals surface area (Å²) in [6.07, 6.45) is -1.79. The zero-order valence-electron chi connectivity index (χ0n) is 8.53. The highest BCUT2D eigenvalue weighted by Gasteiger charge is 2.51. The molecule has 0 bridgehead atoms. The summed E-state index contributed by atoms with van der Waals surface area (Å²) >= 11 is 0. The molecule has 0 aliphatic heterocycles. The van der Waals surface area contributed by atoms with Gasteiger partial charge in [0.25, 0.3) is 0 Å². The van der Waals surface area contributed by atoms with Gasteiger partial charge in [-0.2, -0.15) is 0 Å². The van der Waals surface area contributed by atoms with Gasteiger partial charge in [-0.05, 0) is 13.8 Å². The second kappa shape index (κ2) is 4.43. The van der Waals surface area contributed by atoms with E-state index >= 15 is 0 Å². The van der Waals surface area contributed by atoms with E-state index in [1.807, 2.05) is 0 Å².